The van der Waals surface area contributed by atoms with Crippen molar-refractivity contribution in [2.75, 3.05) is 18.8 Å². The molecule has 128 valence electrons. The van der Waals surface area contributed by atoms with E-state index in [9.17, 15) is 0 Å². The lowest BCUT2D eigenvalue weighted by molar-refractivity contribution is 0.0992. The summed E-state index contributed by atoms with van der Waals surface area (Å²) in [6.45, 7) is 3.81. The van der Waals surface area contributed by atoms with Crippen molar-refractivity contribution in [1.29, 1.82) is 0 Å². The zero-order valence-corrected chi connectivity index (χ0v) is 16.7. The highest BCUT2D eigenvalue weighted by atomic mass is 127. The van der Waals surface area contributed by atoms with Crippen LogP contribution >= 0.6 is 35.7 Å². The van der Waals surface area contributed by atoms with E-state index in [1.165, 1.54) is 17.7 Å². The third-order valence-corrected chi connectivity index (χ3v) is 5.14. The Morgan fingerprint density at radius 3 is 2.78 bits per heavy atom. The molecule has 0 aliphatic carbocycles. The number of hydrogen-bond acceptors (Lipinski definition) is 3. The second kappa shape index (κ2) is 9.74. The number of thioether (sulfide) groups is 1. The Labute approximate surface area is 160 Å². The van der Waals surface area contributed by atoms with Crippen LogP contribution in [0.25, 0.3) is 0 Å². The van der Waals surface area contributed by atoms with Crippen molar-refractivity contribution in [2.45, 2.75) is 49.3 Å². The van der Waals surface area contributed by atoms with Crippen molar-refractivity contribution in [3.8, 4) is 0 Å². The predicted molar refractivity (Wildman–Crippen MR) is 108 cm³/mol. The Balaban J connectivity index is 0.00000192. The molecule has 6 heteroatoms. The number of nitrogens with one attached hydrogen (secondary N) is 2. The molecule has 0 spiro atoms. The number of guanidine groups is 1. The minimum atomic E-state index is 0. The Morgan fingerprint density at radius 1 is 1.30 bits per heavy atom. The molecule has 0 aromatic heterocycles. The monoisotopic (exact) mass is 447 g/mol. The SMILES string of the molecule is CCNC(=NCCSc1ccccc1)NC1CC2CCC1O2.I. The summed E-state index contributed by atoms with van der Waals surface area (Å²) in [5.74, 6) is 1.92. The van der Waals surface area contributed by atoms with Crippen LogP contribution in [-0.2, 0) is 4.74 Å². The van der Waals surface area contributed by atoms with Gasteiger partial charge in [0.05, 0.1) is 24.8 Å². The minimum absolute atomic E-state index is 0. The first-order valence-corrected chi connectivity index (χ1v) is 9.22. The van der Waals surface area contributed by atoms with Crippen LogP contribution in [0.4, 0.5) is 0 Å². The van der Waals surface area contributed by atoms with E-state index in [4.69, 9.17) is 9.73 Å². The van der Waals surface area contributed by atoms with Crippen molar-refractivity contribution in [3.63, 3.8) is 0 Å². The van der Waals surface area contributed by atoms with Crippen molar-refractivity contribution >= 4 is 41.7 Å². The first-order valence-electron chi connectivity index (χ1n) is 8.23. The van der Waals surface area contributed by atoms with Crippen molar-refractivity contribution in [3.05, 3.63) is 30.3 Å². The lowest BCUT2D eigenvalue weighted by Gasteiger charge is -2.22. The highest BCUT2D eigenvalue weighted by molar-refractivity contribution is 14.0. The molecule has 1 aromatic carbocycles. The standard InChI is InChI=1S/C17H25N3OS.HI/c1-2-18-17(20-15-12-13-8-9-16(15)21-13)19-10-11-22-14-6-4-3-5-7-14;/h3-7,13,15-16H,2,8-12H2,1H3,(H2,18,19,20);1H. The Hall–Kier alpha value is -0.470. The molecule has 2 fully saturated rings. The van der Waals surface area contributed by atoms with Crippen molar-refractivity contribution in [2.24, 2.45) is 4.99 Å². The third-order valence-electron chi connectivity index (χ3n) is 4.15. The van der Waals surface area contributed by atoms with E-state index in [0.717, 1.165) is 31.2 Å². The van der Waals surface area contributed by atoms with Crippen LogP contribution in [0, 0.1) is 0 Å². The summed E-state index contributed by atoms with van der Waals surface area (Å²) < 4.78 is 5.90. The van der Waals surface area contributed by atoms with Crippen molar-refractivity contribution in [1.82, 2.24) is 10.6 Å². The maximum atomic E-state index is 5.90. The average molecular weight is 447 g/mol. The lowest BCUT2D eigenvalue weighted by Crippen LogP contribution is -2.47. The van der Waals surface area contributed by atoms with Crippen LogP contribution in [-0.4, -0.2) is 43.1 Å². The van der Waals surface area contributed by atoms with Gasteiger partial charge in [-0.25, -0.2) is 0 Å². The van der Waals surface area contributed by atoms with Gasteiger partial charge in [-0.15, -0.1) is 35.7 Å². The highest BCUT2D eigenvalue weighted by Crippen LogP contribution is 2.34. The molecule has 2 aliphatic rings. The highest BCUT2D eigenvalue weighted by Gasteiger charge is 2.41. The average Bonchev–Trinajstić information content (AvgIpc) is 3.15. The maximum Gasteiger partial charge on any atom is 0.191 e. The van der Waals surface area contributed by atoms with Gasteiger partial charge in [0.25, 0.3) is 0 Å². The fraction of sp³-hybridized carbons (Fsp3) is 0.588. The second-order valence-corrected chi connectivity index (χ2v) is 6.95. The summed E-state index contributed by atoms with van der Waals surface area (Å²) in [6.07, 6.45) is 4.38. The zero-order valence-electron chi connectivity index (χ0n) is 13.5. The van der Waals surface area contributed by atoms with Gasteiger partial charge in [-0.1, -0.05) is 18.2 Å². The molecule has 2 bridgehead atoms. The minimum Gasteiger partial charge on any atom is -0.373 e. The Morgan fingerprint density at radius 2 is 2.13 bits per heavy atom. The summed E-state index contributed by atoms with van der Waals surface area (Å²) >= 11 is 1.85. The second-order valence-electron chi connectivity index (χ2n) is 5.78. The molecule has 3 atom stereocenters. The largest absolute Gasteiger partial charge is 0.373 e. The van der Waals surface area contributed by atoms with Crippen LogP contribution in [0.2, 0.25) is 0 Å². The molecule has 0 radical (unpaired) electrons. The van der Waals surface area contributed by atoms with E-state index in [2.05, 4.69) is 41.8 Å². The third kappa shape index (κ3) is 5.53. The Bertz CT molecular complexity index is 500. The molecular formula is C17H26IN3OS. The summed E-state index contributed by atoms with van der Waals surface area (Å²) in [6, 6.07) is 10.9. The fourth-order valence-corrected chi connectivity index (χ4v) is 3.89. The number of rotatable bonds is 6. The lowest BCUT2D eigenvalue weighted by atomic mass is 9.96. The van der Waals surface area contributed by atoms with Crippen LogP contribution in [0.1, 0.15) is 26.2 Å². The summed E-state index contributed by atoms with van der Waals surface area (Å²) in [4.78, 5) is 6.00. The smallest absolute Gasteiger partial charge is 0.191 e. The number of hydrogen-bond donors (Lipinski definition) is 2. The topological polar surface area (TPSA) is 45.7 Å². The van der Waals surface area contributed by atoms with Crippen LogP contribution in [0.5, 0.6) is 0 Å². The fourth-order valence-electron chi connectivity index (χ4n) is 3.12. The molecule has 0 saturated carbocycles. The number of nitrogens with zero attached hydrogens (tertiary/aromatic N) is 1. The van der Waals surface area contributed by atoms with E-state index in [-0.39, 0.29) is 24.0 Å². The number of benzene rings is 1. The number of ether oxygens (including phenoxy) is 1. The van der Waals surface area contributed by atoms with Gasteiger partial charge in [-0.3, -0.25) is 4.99 Å². The molecule has 4 nitrogen and oxygen atoms in total. The van der Waals surface area contributed by atoms with E-state index < -0.39 is 0 Å². The summed E-state index contributed by atoms with van der Waals surface area (Å²) in [7, 11) is 0. The number of aliphatic imine (C=N–C) groups is 1. The number of halogens is 1. The summed E-state index contributed by atoms with van der Waals surface area (Å²) in [5, 5.41) is 6.89. The van der Waals surface area contributed by atoms with Gasteiger partial charge < -0.3 is 15.4 Å². The van der Waals surface area contributed by atoms with Crippen LogP contribution in [0.3, 0.4) is 0 Å². The molecule has 1 aromatic rings. The zero-order chi connectivity index (χ0) is 15.2. The molecule has 0 amide bonds. The molecular weight excluding hydrogens is 421 g/mol. The first kappa shape index (κ1) is 18.9. The molecule has 3 unspecified atom stereocenters. The predicted octanol–water partition coefficient (Wildman–Crippen LogP) is 3.27. The molecule has 2 N–H and O–H groups in total. The van der Waals surface area contributed by atoms with Gasteiger partial charge in [-0.05, 0) is 38.3 Å². The Kier molecular flexibility index (Phi) is 7.98. The van der Waals surface area contributed by atoms with Crippen LogP contribution < -0.4 is 10.6 Å². The van der Waals surface area contributed by atoms with E-state index in [0.29, 0.717) is 18.2 Å². The van der Waals surface area contributed by atoms with Crippen molar-refractivity contribution < 1.29 is 4.74 Å². The first-order chi connectivity index (χ1) is 10.8. The van der Waals surface area contributed by atoms with Gasteiger partial charge in [-0.2, -0.15) is 0 Å². The van der Waals surface area contributed by atoms with Gasteiger partial charge >= 0.3 is 0 Å². The molecule has 2 heterocycles. The molecule has 23 heavy (non-hydrogen) atoms. The molecule has 2 aliphatic heterocycles. The van der Waals surface area contributed by atoms with Gasteiger partial charge in [0.15, 0.2) is 5.96 Å². The summed E-state index contributed by atoms with van der Waals surface area (Å²) in [5.41, 5.74) is 0. The normalized spacial score (nSPS) is 26.0. The van der Waals surface area contributed by atoms with Gasteiger partial charge in [0.2, 0.25) is 0 Å². The maximum absolute atomic E-state index is 5.90. The van der Waals surface area contributed by atoms with E-state index in [1.807, 2.05) is 17.8 Å². The quantitative estimate of drug-likeness (QED) is 0.231. The van der Waals surface area contributed by atoms with E-state index in [1.54, 1.807) is 0 Å². The molecule has 3 rings (SSSR count). The van der Waals surface area contributed by atoms with E-state index >= 15 is 0 Å². The van der Waals surface area contributed by atoms with Gasteiger partial charge in [0.1, 0.15) is 0 Å². The molecule has 2 saturated heterocycles. The van der Waals surface area contributed by atoms with Gasteiger partial charge in [0, 0.05) is 17.2 Å². The van der Waals surface area contributed by atoms with Crippen LogP contribution in [0.15, 0.2) is 40.2 Å². The number of fused-ring (bicyclic) bond motifs is 2.